The van der Waals surface area contributed by atoms with Gasteiger partial charge in [-0.05, 0) is 37.3 Å². The average molecular weight is 261 g/mol. The van der Waals surface area contributed by atoms with E-state index in [2.05, 4.69) is 24.0 Å². The molecule has 0 amide bonds. The molecule has 0 radical (unpaired) electrons. The van der Waals surface area contributed by atoms with Gasteiger partial charge in [-0.15, -0.1) is 0 Å². The average Bonchev–Trinajstić information content (AvgIpc) is 2.79. The number of carboxylic acids is 1. The lowest BCUT2D eigenvalue weighted by atomic mass is 9.99. The number of nitrogens with zero attached hydrogens (tertiary/aromatic N) is 1. The van der Waals surface area contributed by atoms with Gasteiger partial charge in [0, 0.05) is 6.04 Å². The molecular weight excluding hydrogens is 238 g/mol. The molecule has 2 rings (SSSR count). The van der Waals surface area contributed by atoms with E-state index in [0.29, 0.717) is 6.04 Å². The number of carboxylic acid groups (broad SMARTS) is 1. The lowest BCUT2D eigenvalue weighted by Gasteiger charge is -2.31. The molecule has 0 bridgehead atoms. The number of aliphatic carboxylic acids is 1. The van der Waals surface area contributed by atoms with Crippen LogP contribution in [-0.2, 0) is 11.2 Å². The molecule has 1 N–H and O–H groups in total. The highest BCUT2D eigenvalue weighted by Gasteiger charge is 2.39. The third-order valence-corrected chi connectivity index (χ3v) is 4.25. The van der Waals surface area contributed by atoms with Crippen LogP contribution >= 0.6 is 0 Å². The molecule has 1 fully saturated rings. The van der Waals surface area contributed by atoms with Crippen molar-refractivity contribution >= 4 is 5.97 Å². The summed E-state index contributed by atoms with van der Waals surface area (Å²) in [6.07, 6.45) is 2.92. The van der Waals surface area contributed by atoms with Crippen LogP contribution in [0.2, 0.25) is 0 Å². The third-order valence-electron chi connectivity index (χ3n) is 4.25. The standard InChI is InChI=1S/C16H23NO2/c1-3-14(11-13-7-5-4-6-8-13)17-10-9-12(2)15(17)16(18)19/h4-8,12,14-15H,3,9-11H2,1-2H3,(H,18,19). The van der Waals surface area contributed by atoms with Crippen LogP contribution in [-0.4, -0.2) is 34.6 Å². The van der Waals surface area contributed by atoms with E-state index in [1.165, 1.54) is 5.56 Å². The van der Waals surface area contributed by atoms with E-state index in [9.17, 15) is 9.90 Å². The lowest BCUT2D eigenvalue weighted by Crippen LogP contribution is -2.45. The van der Waals surface area contributed by atoms with Crippen LogP contribution in [0.5, 0.6) is 0 Å². The minimum Gasteiger partial charge on any atom is -0.480 e. The van der Waals surface area contributed by atoms with E-state index in [-0.39, 0.29) is 12.0 Å². The third kappa shape index (κ3) is 3.16. The molecule has 1 saturated heterocycles. The number of carbonyl (C=O) groups is 1. The molecule has 1 aromatic carbocycles. The van der Waals surface area contributed by atoms with E-state index in [1.807, 2.05) is 25.1 Å². The largest absolute Gasteiger partial charge is 0.480 e. The van der Waals surface area contributed by atoms with Gasteiger partial charge in [0.25, 0.3) is 0 Å². The lowest BCUT2D eigenvalue weighted by molar-refractivity contribution is -0.144. The Morgan fingerprint density at radius 1 is 1.42 bits per heavy atom. The Morgan fingerprint density at radius 2 is 2.11 bits per heavy atom. The van der Waals surface area contributed by atoms with Crippen molar-refractivity contribution in [2.45, 2.75) is 45.2 Å². The summed E-state index contributed by atoms with van der Waals surface area (Å²) in [7, 11) is 0. The summed E-state index contributed by atoms with van der Waals surface area (Å²) in [5.74, 6) is -0.418. The maximum absolute atomic E-state index is 11.5. The molecule has 1 aliphatic rings. The maximum Gasteiger partial charge on any atom is 0.321 e. The molecule has 3 unspecified atom stereocenters. The molecule has 3 nitrogen and oxygen atoms in total. The zero-order valence-corrected chi connectivity index (χ0v) is 11.7. The van der Waals surface area contributed by atoms with Crippen molar-refractivity contribution in [2.24, 2.45) is 5.92 Å². The second-order valence-electron chi connectivity index (χ2n) is 5.54. The summed E-state index contributed by atoms with van der Waals surface area (Å²) >= 11 is 0. The molecule has 19 heavy (non-hydrogen) atoms. The summed E-state index contributed by atoms with van der Waals surface area (Å²) in [4.78, 5) is 13.6. The van der Waals surface area contributed by atoms with E-state index in [1.54, 1.807) is 0 Å². The van der Waals surface area contributed by atoms with Crippen LogP contribution in [0.4, 0.5) is 0 Å². The Hall–Kier alpha value is -1.35. The van der Waals surface area contributed by atoms with E-state index >= 15 is 0 Å². The fourth-order valence-electron chi connectivity index (χ4n) is 3.15. The van der Waals surface area contributed by atoms with Gasteiger partial charge in [-0.1, -0.05) is 44.2 Å². The second kappa shape index (κ2) is 6.20. The maximum atomic E-state index is 11.5. The van der Waals surface area contributed by atoms with Crippen molar-refractivity contribution < 1.29 is 9.90 Å². The quantitative estimate of drug-likeness (QED) is 0.886. The Bertz CT molecular complexity index is 418. The molecule has 3 atom stereocenters. The van der Waals surface area contributed by atoms with Gasteiger partial charge in [-0.25, -0.2) is 0 Å². The zero-order valence-electron chi connectivity index (χ0n) is 11.7. The highest BCUT2D eigenvalue weighted by molar-refractivity contribution is 5.74. The first-order valence-corrected chi connectivity index (χ1v) is 7.16. The van der Waals surface area contributed by atoms with Crippen molar-refractivity contribution in [1.82, 2.24) is 4.90 Å². The van der Waals surface area contributed by atoms with Gasteiger partial charge in [-0.2, -0.15) is 0 Å². The van der Waals surface area contributed by atoms with Crippen molar-refractivity contribution in [1.29, 1.82) is 0 Å². The summed E-state index contributed by atoms with van der Waals surface area (Å²) in [6.45, 7) is 5.10. The molecule has 1 aromatic rings. The summed E-state index contributed by atoms with van der Waals surface area (Å²) in [6, 6.07) is 10.4. The normalized spacial score (nSPS) is 25.4. The van der Waals surface area contributed by atoms with E-state index < -0.39 is 5.97 Å². The summed E-state index contributed by atoms with van der Waals surface area (Å²) in [5, 5.41) is 9.42. The minimum absolute atomic E-state index is 0.252. The Kier molecular flexibility index (Phi) is 4.59. The zero-order chi connectivity index (χ0) is 13.8. The predicted molar refractivity (Wildman–Crippen MR) is 76.1 cm³/mol. The number of rotatable bonds is 5. The van der Waals surface area contributed by atoms with Gasteiger partial charge in [-0.3, -0.25) is 9.69 Å². The van der Waals surface area contributed by atoms with E-state index in [4.69, 9.17) is 0 Å². The van der Waals surface area contributed by atoms with Crippen LogP contribution in [0.3, 0.4) is 0 Å². The summed E-state index contributed by atoms with van der Waals surface area (Å²) < 4.78 is 0. The van der Waals surface area contributed by atoms with Crippen molar-refractivity contribution in [3.05, 3.63) is 35.9 Å². The molecule has 0 aromatic heterocycles. The highest BCUT2D eigenvalue weighted by atomic mass is 16.4. The van der Waals surface area contributed by atoms with Crippen molar-refractivity contribution in [3.8, 4) is 0 Å². The Morgan fingerprint density at radius 3 is 2.68 bits per heavy atom. The van der Waals surface area contributed by atoms with Gasteiger partial charge in [0.1, 0.15) is 6.04 Å². The molecule has 0 aliphatic carbocycles. The number of hydrogen-bond acceptors (Lipinski definition) is 2. The topological polar surface area (TPSA) is 40.5 Å². The first-order chi connectivity index (χ1) is 9.13. The molecule has 1 aliphatic heterocycles. The van der Waals surface area contributed by atoms with Crippen LogP contribution in [0.1, 0.15) is 32.3 Å². The van der Waals surface area contributed by atoms with Gasteiger partial charge in [0.2, 0.25) is 0 Å². The second-order valence-corrected chi connectivity index (χ2v) is 5.54. The number of likely N-dealkylation sites (tertiary alicyclic amines) is 1. The smallest absolute Gasteiger partial charge is 0.321 e. The highest BCUT2D eigenvalue weighted by Crippen LogP contribution is 2.28. The van der Waals surface area contributed by atoms with Gasteiger partial charge < -0.3 is 5.11 Å². The fraction of sp³-hybridized carbons (Fsp3) is 0.562. The van der Waals surface area contributed by atoms with Gasteiger partial charge in [0.05, 0.1) is 0 Å². The Balaban J connectivity index is 2.11. The molecule has 0 saturated carbocycles. The fourth-order valence-corrected chi connectivity index (χ4v) is 3.15. The van der Waals surface area contributed by atoms with Gasteiger partial charge >= 0.3 is 5.97 Å². The predicted octanol–water partition coefficient (Wildman–Crippen LogP) is 2.80. The van der Waals surface area contributed by atoms with Gasteiger partial charge in [0.15, 0.2) is 0 Å². The monoisotopic (exact) mass is 261 g/mol. The Labute approximate surface area is 115 Å². The first-order valence-electron chi connectivity index (χ1n) is 7.16. The van der Waals surface area contributed by atoms with Crippen LogP contribution < -0.4 is 0 Å². The van der Waals surface area contributed by atoms with Crippen molar-refractivity contribution in [2.75, 3.05) is 6.54 Å². The van der Waals surface area contributed by atoms with Crippen molar-refractivity contribution in [3.63, 3.8) is 0 Å². The molecular formula is C16H23NO2. The molecule has 1 heterocycles. The van der Waals surface area contributed by atoms with Crippen LogP contribution in [0.25, 0.3) is 0 Å². The molecule has 0 spiro atoms. The van der Waals surface area contributed by atoms with E-state index in [0.717, 1.165) is 25.8 Å². The molecule has 104 valence electrons. The molecule has 3 heteroatoms. The number of benzene rings is 1. The SMILES string of the molecule is CCC(Cc1ccccc1)N1CCC(C)C1C(=O)O. The number of hydrogen-bond donors (Lipinski definition) is 1. The van der Waals surface area contributed by atoms with Crippen LogP contribution in [0.15, 0.2) is 30.3 Å². The summed E-state index contributed by atoms with van der Waals surface area (Å²) in [5.41, 5.74) is 1.29. The first kappa shape index (κ1) is 14.1. The minimum atomic E-state index is -0.670. The van der Waals surface area contributed by atoms with Crippen LogP contribution in [0, 0.1) is 5.92 Å².